The first-order valence-corrected chi connectivity index (χ1v) is 6.06. The predicted octanol–water partition coefficient (Wildman–Crippen LogP) is 1.06. The van der Waals surface area contributed by atoms with E-state index < -0.39 is 5.97 Å². The number of rotatable bonds is 4. The molecular formula is C12H19N3O2. The van der Waals surface area contributed by atoms with Gasteiger partial charge in [-0.15, -0.1) is 0 Å². The van der Waals surface area contributed by atoms with Crippen LogP contribution in [0.2, 0.25) is 0 Å². The number of aliphatic carboxylic acids is 1. The molecule has 94 valence electrons. The van der Waals surface area contributed by atoms with Gasteiger partial charge in [-0.2, -0.15) is 0 Å². The van der Waals surface area contributed by atoms with E-state index in [0.29, 0.717) is 6.54 Å². The fourth-order valence-corrected chi connectivity index (χ4v) is 2.51. The van der Waals surface area contributed by atoms with Crippen molar-refractivity contribution in [3.63, 3.8) is 0 Å². The number of carbonyl (C=O) groups is 1. The Hall–Kier alpha value is -1.36. The zero-order chi connectivity index (χ0) is 12.4. The lowest BCUT2D eigenvalue weighted by Gasteiger charge is -2.15. The molecule has 17 heavy (non-hydrogen) atoms. The van der Waals surface area contributed by atoms with Crippen LogP contribution in [-0.2, 0) is 17.9 Å². The van der Waals surface area contributed by atoms with Gasteiger partial charge in [-0.3, -0.25) is 9.69 Å². The van der Waals surface area contributed by atoms with Crippen molar-refractivity contribution in [1.82, 2.24) is 14.5 Å². The SMILES string of the molecule is CCn1cncc1CN1CC(C)C(C(=O)O)C1. The number of hydrogen-bond acceptors (Lipinski definition) is 3. The summed E-state index contributed by atoms with van der Waals surface area (Å²) in [6, 6.07) is 0. The lowest BCUT2D eigenvalue weighted by molar-refractivity contribution is -0.142. The van der Waals surface area contributed by atoms with Crippen LogP contribution in [0, 0.1) is 11.8 Å². The van der Waals surface area contributed by atoms with E-state index in [1.54, 1.807) is 0 Å². The maximum absolute atomic E-state index is 11.0. The first-order chi connectivity index (χ1) is 8.11. The van der Waals surface area contributed by atoms with Crippen molar-refractivity contribution in [1.29, 1.82) is 0 Å². The number of aryl methyl sites for hydroxylation is 1. The molecule has 1 saturated heterocycles. The number of nitrogens with zero attached hydrogens (tertiary/aromatic N) is 3. The average molecular weight is 237 g/mol. The second kappa shape index (κ2) is 4.87. The Labute approximate surface area is 101 Å². The second-order valence-electron chi connectivity index (χ2n) is 4.79. The summed E-state index contributed by atoms with van der Waals surface area (Å²) < 4.78 is 2.10. The van der Waals surface area contributed by atoms with E-state index in [2.05, 4.69) is 21.4 Å². The highest BCUT2D eigenvalue weighted by Gasteiger charge is 2.34. The van der Waals surface area contributed by atoms with Gasteiger partial charge >= 0.3 is 5.97 Å². The molecule has 0 bridgehead atoms. The second-order valence-corrected chi connectivity index (χ2v) is 4.79. The first-order valence-electron chi connectivity index (χ1n) is 6.06. The summed E-state index contributed by atoms with van der Waals surface area (Å²) >= 11 is 0. The molecule has 1 aliphatic rings. The average Bonchev–Trinajstić information content (AvgIpc) is 2.85. The van der Waals surface area contributed by atoms with E-state index in [4.69, 9.17) is 5.11 Å². The molecule has 0 spiro atoms. The third kappa shape index (κ3) is 2.49. The molecule has 2 atom stereocenters. The molecule has 5 heteroatoms. The van der Waals surface area contributed by atoms with Gasteiger partial charge in [0.25, 0.3) is 0 Å². The normalized spacial score (nSPS) is 25.3. The minimum Gasteiger partial charge on any atom is -0.481 e. The van der Waals surface area contributed by atoms with Gasteiger partial charge < -0.3 is 9.67 Å². The summed E-state index contributed by atoms with van der Waals surface area (Å²) in [6.45, 7) is 7.29. The molecule has 0 radical (unpaired) electrons. The zero-order valence-corrected chi connectivity index (χ0v) is 10.3. The molecule has 1 aliphatic heterocycles. The molecule has 1 N–H and O–H groups in total. The highest BCUT2D eigenvalue weighted by Crippen LogP contribution is 2.24. The van der Waals surface area contributed by atoms with Crippen LogP contribution in [0.5, 0.6) is 0 Å². The third-order valence-electron chi connectivity index (χ3n) is 3.53. The Bertz CT molecular complexity index is 402. The van der Waals surface area contributed by atoms with Gasteiger partial charge in [-0.1, -0.05) is 6.92 Å². The summed E-state index contributed by atoms with van der Waals surface area (Å²) in [5, 5.41) is 9.08. The van der Waals surface area contributed by atoms with Crippen LogP contribution in [0.1, 0.15) is 19.5 Å². The largest absolute Gasteiger partial charge is 0.481 e. The van der Waals surface area contributed by atoms with Crippen LogP contribution in [0.15, 0.2) is 12.5 Å². The fourth-order valence-electron chi connectivity index (χ4n) is 2.51. The Morgan fingerprint density at radius 3 is 2.94 bits per heavy atom. The third-order valence-corrected chi connectivity index (χ3v) is 3.53. The van der Waals surface area contributed by atoms with Gasteiger partial charge in [0.2, 0.25) is 0 Å². The zero-order valence-electron chi connectivity index (χ0n) is 10.3. The number of carboxylic acids is 1. The van der Waals surface area contributed by atoms with Gasteiger partial charge in [0.1, 0.15) is 0 Å². The van der Waals surface area contributed by atoms with E-state index >= 15 is 0 Å². The summed E-state index contributed by atoms with van der Waals surface area (Å²) in [5.41, 5.74) is 1.16. The summed E-state index contributed by atoms with van der Waals surface area (Å²) in [7, 11) is 0. The smallest absolute Gasteiger partial charge is 0.308 e. The van der Waals surface area contributed by atoms with E-state index in [1.165, 1.54) is 0 Å². The van der Waals surface area contributed by atoms with E-state index in [1.807, 2.05) is 19.4 Å². The molecule has 0 amide bonds. The molecular weight excluding hydrogens is 218 g/mol. The molecule has 2 rings (SSSR count). The monoisotopic (exact) mass is 237 g/mol. The summed E-state index contributed by atoms with van der Waals surface area (Å²) in [6.07, 6.45) is 3.69. The van der Waals surface area contributed by atoms with Crippen LogP contribution in [-0.4, -0.2) is 38.6 Å². The van der Waals surface area contributed by atoms with E-state index in [0.717, 1.165) is 25.3 Å². The number of hydrogen-bond donors (Lipinski definition) is 1. The lowest BCUT2D eigenvalue weighted by Crippen LogP contribution is -2.24. The van der Waals surface area contributed by atoms with Gasteiger partial charge in [0, 0.05) is 32.4 Å². The Balaban J connectivity index is 2.00. The van der Waals surface area contributed by atoms with E-state index in [9.17, 15) is 4.79 Å². The van der Waals surface area contributed by atoms with Crippen molar-refractivity contribution < 1.29 is 9.90 Å². The maximum atomic E-state index is 11.0. The maximum Gasteiger partial charge on any atom is 0.308 e. The number of imidazole rings is 1. The van der Waals surface area contributed by atoms with Crippen molar-refractivity contribution in [2.24, 2.45) is 11.8 Å². The van der Waals surface area contributed by atoms with Crippen LogP contribution >= 0.6 is 0 Å². The van der Waals surface area contributed by atoms with Crippen molar-refractivity contribution in [2.45, 2.75) is 26.9 Å². The Morgan fingerprint density at radius 2 is 2.35 bits per heavy atom. The van der Waals surface area contributed by atoms with E-state index in [-0.39, 0.29) is 11.8 Å². The molecule has 1 aromatic rings. The predicted molar refractivity (Wildman–Crippen MR) is 63.5 cm³/mol. The highest BCUT2D eigenvalue weighted by atomic mass is 16.4. The van der Waals surface area contributed by atoms with Crippen LogP contribution in [0.3, 0.4) is 0 Å². The molecule has 0 aliphatic carbocycles. The van der Waals surface area contributed by atoms with Crippen molar-refractivity contribution in [3.8, 4) is 0 Å². The van der Waals surface area contributed by atoms with Crippen LogP contribution < -0.4 is 0 Å². The van der Waals surface area contributed by atoms with Gasteiger partial charge in [-0.25, -0.2) is 4.98 Å². The van der Waals surface area contributed by atoms with Crippen molar-refractivity contribution >= 4 is 5.97 Å². The van der Waals surface area contributed by atoms with Crippen LogP contribution in [0.25, 0.3) is 0 Å². The topological polar surface area (TPSA) is 58.4 Å². The van der Waals surface area contributed by atoms with Gasteiger partial charge in [-0.05, 0) is 12.8 Å². The fraction of sp³-hybridized carbons (Fsp3) is 0.667. The molecule has 2 unspecified atom stereocenters. The standard InChI is InChI=1S/C12H19N3O2/c1-3-15-8-13-4-10(15)6-14-5-9(2)11(7-14)12(16)17/h4,8-9,11H,3,5-7H2,1-2H3,(H,16,17). The number of likely N-dealkylation sites (tertiary alicyclic amines) is 1. The first kappa shape index (κ1) is 12.1. The molecule has 0 saturated carbocycles. The summed E-state index contributed by atoms with van der Waals surface area (Å²) in [4.78, 5) is 17.4. The quantitative estimate of drug-likeness (QED) is 0.850. The Kier molecular flexibility index (Phi) is 3.47. The number of aromatic nitrogens is 2. The number of carboxylic acid groups (broad SMARTS) is 1. The van der Waals surface area contributed by atoms with Gasteiger partial charge in [0.15, 0.2) is 0 Å². The molecule has 2 heterocycles. The van der Waals surface area contributed by atoms with Crippen molar-refractivity contribution in [3.05, 3.63) is 18.2 Å². The summed E-state index contributed by atoms with van der Waals surface area (Å²) in [5.74, 6) is -0.678. The van der Waals surface area contributed by atoms with Gasteiger partial charge in [0.05, 0.1) is 17.9 Å². The minimum atomic E-state index is -0.677. The Morgan fingerprint density at radius 1 is 1.59 bits per heavy atom. The van der Waals surface area contributed by atoms with Crippen molar-refractivity contribution in [2.75, 3.05) is 13.1 Å². The minimum absolute atomic E-state index is 0.227. The molecule has 1 fully saturated rings. The van der Waals surface area contributed by atoms with Crippen LogP contribution in [0.4, 0.5) is 0 Å². The molecule has 5 nitrogen and oxygen atoms in total. The molecule has 0 aromatic carbocycles. The highest BCUT2D eigenvalue weighted by molar-refractivity contribution is 5.71. The lowest BCUT2D eigenvalue weighted by atomic mass is 9.99. The molecule has 1 aromatic heterocycles.